The summed E-state index contributed by atoms with van der Waals surface area (Å²) in [5.41, 5.74) is 1.65. The number of rotatable bonds is 7. The number of amides is 1. The second kappa shape index (κ2) is 9.29. The van der Waals surface area contributed by atoms with Crippen molar-refractivity contribution in [3.05, 3.63) is 64.0 Å². The van der Waals surface area contributed by atoms with Crippen molar-refractivity contribution < 1.29 is 14.1 Å². The van der Waals surface area contributed by atoms with Crippen LogP contribution in [0.2, 0.25) is 10.0 Å². The standard InChI is InChI=1S/C21H21Cl2N3O3/c1-13(2)26(20(27)12-28-18-9-8-17(23)10-14(18)3)11-19-24-21(25-29-19)15-4-6-16(22)7-5-15/h4-10,13H,11-12H2,1-3H3. The van der Waals surface area contributed by atoms with E-state index in [0.29, 0.717) is 27.5 Å². The molecule has 152 valence electrons. The second-order valence-corrected chi connectivity index (χ2v) is 7.71. The van der Waals surface area contributed by atoms with Gasteiger partial charge in [-0.2, -0.15) is 4.98 Å². The Morgan fingerprint density at radius 2 is 1.83 bits per heavy atom. The fourth-order valence-corrected chi connectivity index (χ4v) is 3.09. The van der Waals surface area contributed by atoms with Gasteiger partial charge >= 0.3 is 0 Å². The lowest BCUT2D eigenvalue weighted by Gasteiger charge is -2.25. The smallest absolute Gasteiger partial charge is 0.261 e. The lowest BCUT2D eigenvalue weighted by Crippen LogP contribution is -2.39. The van der Waals surface area contributed by atoms with Gasteiger partial charge in [0.1, 0.15) is 12.3 Å². The molecular weight excluding hydrogens is 413 g/mol. The summed E-state index contributed by atoms with van der Waals surface area (Å²) in [6.45, 7) is 5.81. The molecule has 0 atom stereocenters. The molecule has 0 radical (unpaired) electrons. The van der Waals surface area contributed by atoms with Crippen LogP contribution >= 0.6 is 23.2 Å². The molecule has 1 heterocycles. The highest BCUT2D eigenvalue weighted by Crippen LogP contribution is 2.22. The van der Waals surface area contributed by atoms with E-state index in [1.165, 1.54) is 0 Å². The first-order valence-corrected chi connectivity index (χ1v) is 9.86. The quantitative estimate of drug-likeness (QED) is 0.513. The van der Waals surface area contributed by atoms with Crippen LogP contribution in [0.25, 0.3) is 11.4 Å². The lowest BCUT2D eigenvalue weighted by atomic mass is 10.2. The molecular formula is C21H21Cl2N3O3. The van der Waals surface area contributed by atoms with Crippen LogP contribution in [0, 0.1) is 6.92 Å². The van der Waals surface area contributed by atoms with Gasteiger partial charge in [0.05, 0.1) is 0 Å². The molecule has 0 saturated carbocycles. The predicted molar refractivity (Wildman–Crippen MR) is 112 cm³/mol. The molecule has 0 unspecified atom stereocenters. The van der Waals surface area contributed by atoms with Crippen LogP contribution in [0.4, 0.5) is 0 Å². The number of nitrogens with zero attached hydrogens (tertiary/aromatic N) is 3. The minimum atomic E-state index is -0.180. The van der Waals surface area contributed by atoms with E-state index >= 15 is 0 Å². The van der Waals surface area contributed by atoms with Crippen LogP contribution in [0.3, 0.4) is 0 Å². The summed E-state index contributed by atoms with van der Waals surface area (Å²) in [4.78, 5) is 18.7. The van der Waals surface area contributed by atoms with E-state index in [9.17, 15) is 4.79 Å². The van der Waals surface area contributed by atoms with E-state index in [1.54, 1.807) is 35.2 Å². The largest absolute Gasteiger partial charge is 0.483 e. The summed E-state index contributed by atoms with van der Waals surface area (Å²) < 4.78 is 11.0. The zero-order chi connectivity index (χ0) is 21.0. The van der Waals surface area contributed by atoms with Gasteiger partial charge in [0.2, 0.25) is 11.7 Å². The third-order valence-electron chi connectivity index (χ3n) is 4.31. The molecule has 0 N–H and O–H groups in total. The van der Waals surface area contributed by atoms with Gasteiger partial charge in [0.25, 0.3) is 5.91 Å². The minimum absolute atomic E-state index is 0.0664. The zero-order valence-corrected chi connectivity index (χ0v) is 17.9. The van der Waals surface area contributed by atoms with Crippen LogP contribution < -0.4 is 4.74 Å². The van der Waals surface area contributed by atoms with E-state index in [2.05, 4.69) is 10.1 Å². The Morgan fingerprint density at radius 1 is 1.14 bits per heavy atom. The van der Waals surface area contributed by atoms with Crippen molar-refractivity contribution >= 4 is 29.1 Å². The number of hydrogen-bond donors (Lipinski definition) is 0. The Kier molecular flexibility index (Phi) is 6.77. The summed E-state index contributed by atoms with van der Waals surface area (Å²) in [5, 5.41) is 5.24. The number of carbonyl (C=O) groups excluding carboxylic acids is 1. The molecule has 1 amide bonds. The fraction of sp³-hybridized carbons (Fsp3) is 0.286. The average molecular weight is 434 g/mol. The molecule has 0 saturated heterocycles. The Labute approximate surface area is 179 Å². The molecule has 1 aromatic heterocycles. The van der Waals surface area contributed by atoms with Crippen molar-refractivity contribution in [2.45, 2.75) is 33.4 Å². The van der Waals surface area contributed by atoms with Crippen molar-refractivity contribution in [3.8, 4) is 17.1 Å². The molecule has 0 aliphatic heterocycles. The van der Waals surface area contributed by atoms with E-state index in [4.69, 9.17) is 32.5 Å². The Morgan fingerprint density at radius 3 is 2.48 bits per heavy atom. The highest BCUT2D eigenvalue weighted by atomic mass is 35.5. The van der Waals surface area contributed by atoms with Crippen LogP contribution in [0.15, 0.2) is 47.0 Å². The first kappa shape index (κ1) is 21.1. The van der Waals surface area contributed by atoms with Crippen LogP contribution in [-0.2, 0) is 11.3 Å². The molecule has 0 fully saturated rings. The number of carbonyl (C=O) groups is 1. The molecule has 0 aliphatic carbocycles. The molecule has 3 aromatic rings. The average Bonchev–Trinajstić information content (AvgIpc) is 3.14. The first-order chi connectivity index (χ1) is 13.8. The predicted octanol–water partition coefficient (Wildman–Crippen LogP) is 5.17. The minimum Gasteiger partial charge on any atom is -0.483 e. The molecule has 8 heteroatoms. The van der Waals surface area contributed by atoms with Gasteiger partial charge in [0, 0.05) is 21.7 Å². The second-order valence-electron chi connectivity index (χ2n) is 6.83. The van der Waals surface area contributed by atoms with Gasteiger partial charge in [-0.3, -0.25) is 4.79 Å². The topological polar surface area (TPSA) is 68.5 Å². The number of halogens is 2. The van der Waals surface area contributed by atoms with Gasteiger partial charge in [-0.05, 0) is 68.8 Å². The summed E-state index contributed by atoms with van der Waals surface area (Å²) in [6, 6.07) is 12.3. The highest BCUT2D eigenvalue weighted by molar-refractivity contribution is 6.30. The lowest BCUT2D eigenvalue weighted by molar-refractivity contribution is -0.136. The van der Waals surface area contributed by atoms with Crippen LogP contribution in [-0.4, -0.2) is 33.6 Å². The Bertz CT molecular complexity index is 987. The van der Waals surface area contributed by atoms with E-state index < -0.39 is 0 Å². The molecule has 0 bridgehead atoms. The SMILES string of the molecule is Cc1cc(Cl)ccc1OCC(=O)N(Cc1nc(-c2ccc(Cl)cc2)no1)C(C)C. The van der Waals surface area contributed by atoms with E-state index in [1.807, 2.05) is 32.9 Å². The Balaban J connectivity index is 1.66. The summed E-state index contributed by atoms with van der Waals surface area (Å²) in [6.07, 6.45) is 0. The van der Waals surface area contributed by atoms with Crippen molar-refractivity contribution in [3.63, 3.8) is 0 Å². The summed E-state index contributed by atoms with van der Waals surface area (Å²) in [5.74, 6) is 1.23. The third-order valence-corrected chi connectivity index (χ3v) is 4.80. The van der Waals surface area contributed by atoms with Gasteiger partial charge in [-0.1, -0.05) is 28.4 Å². The molecule has 2 aromatic carbocycles. The molecule has 3 rings (SSSR count). The molecule has 0 aliphatic rings. The highest BCUT2D eigenvalue weighted by Gasteiger charge is 2.21. The number of benzene rings is 2. The van der Waals surface area contributed by atoms with Gasteiger partial charge < -0.3 is 14.2 Å². The monoisotopic (exact) mass is 433 g/mol. The van der Waals surface area contributed by atoms with E-state index in [0.717, 1.165) is 11.1 Å². The van der Waals surface area contributed by atoms with Crippen molar-refractivity contribution in [1.29, 1.82) is 0 Å². The Hall–Kier alpha value is -2.57. The maximum Gasteiger partial charge on any atom is 0.261 e. The van der Waals surface area contributed by atoms with Crippen LogP contribution in [0.5, 0.6) is 5.75 Å². The van der Waals surface area contributed by atoms with Gasteiger partial charge in [-0.25, -0.2) is 0 Å². The number of ether oxygens (including phenoxy) is 1. The maximum absolute atomic E-state index is 12.7. The third kappa shape index (κ3) is 5.49. The van der Waals surface area contributed by atoms with E-state index in [-0.39, 0.29) is 25.1 Å². The fourth-order valence-electron chi connectivity index (χ4n) is 2.74. The molecule has 6 nitrogen and oxygen atoms in total. The number of aryl methyl sites for hydroxylation is 1. The van der Waals surface area contributed by atoms with Gasteiger partial charge in [-0.15, -0.1) is 0 Å². The molecule has 29 heavy (non-hydrogen) atoms. The molecule has 0 spiro atoms. The van der Waals surface area contributed by atoms with Gasteiger partial charge in [0.15, 0.2) is 6.61 Å². The van der Waals surface area contributed by atoms with Crippen molar-refractivity contribution in [2.24, 2.45) is 0 Å². The van der Waals surface area contributed by atoms with Crippen molar-refractivity contribution in [2.75, 3.05) is 6.61 Å². The van der Waals surface area contributed by atoms with Crippen LogP contribution in [0.1, 0.15) is 25.3 Å². The van der Waals surface area contributed by atoms with Crippen molar-refractivity contribution in [1.82, 2.24) is 15.0 Å². The maximum atomic E-state index is 12.7. The number of hydrogen-bond acceptors (Lipinski definition) is 5. The summed E-state index contributed by atoms with van der Waals surface area (Å²) >= 11 is 11.9. The summed E-state index contributed by atoms with van der Waals surface area (Å²) in [7, 11) is 0. The number of aromatic nitrogens is 2. The normalized spacial score (nSPS) is 11.0. The first-order valence-electron chi connectivity index (χ1n) is 9.10. The zero-order valence-electron chi connectivity index (χ0n) is 16.4.